The van der Waals surface area contributed by atoms with Crippen LogP contribution in [0.25, 0.3) is 0 Å². The SMILES string of the molecule is CC1(C)C(=O)N(C(c2cccc(F)c2)C2CCCO2)c2c(F)cccc21. The number of benzene rings is 2. The monoisotopic (exact) mass is 357 g/mol. The summed E-state index contributed by atoms with van der Waals surface area (Å²) in [6, 6.07) is 10.4. The summed E-state index contributed by atoms with van der Waals surface area (Å²) in [5.41, 5.74) is 0.716. The Kier molecular flexibility index (Phi) is 4.07. The minimum Gasteiger partial charge on any atom is -0.376 e. The van der Waals surface area contributed by atoms with Crippen LogP contribution in [0, 0.1) is 11.6 Å². The number of nitrogens with zero attached hydrogens (tertiary/aromatic N) is 1. The predicted octanol–water partition coefficient (Wildman–Crippen LogP) is 4.51. The van der Waals surface area contributed by atoms with E-state index in [1.165, 1.54) is 23.1 Å². The van der Waals surface area contributed by atoms with Gasteiger partial charge in [-0.15, -0.1) is 0 Å². The molecular weight excluding hydrogens is 336 g/mol. The largest absolute Gasteiger partial charge is 0.376 e. The highest BCUT2D eigenvalue weighted by Gasteiger charge is 2.50. The lowest BCUT2D eigenvalue weighted by atomic mass is 9.86. The number of fused-ring (bicyclic) bond motifs is 1. The van der Waals surface area contributed by atoms with Crippen LogP contribution in [0.2, 0.25) is 0 Å². The van der Waals surface area contributed by atoms with Gasteiger partial charge in [0.25, 0.3) is 0 Å². The molecule has 0 N–H and O–H groups in total. The van der Waals surface area contributed by atoms with Crippen LogP contribution in [0.1, 0.15) is 43.9 Å². The molecule has 0 bridgehead atoms. The number of amides is 1. The Labute approximate surface area is 151 Å². The molecular formula is C21H21F2NO2. The van der Waals surface area contributed by atoms with Crippen molar-refractivity contribution in [2.45, 2.75) is 44.2 Å². The van der Waals surface area contributed by atoms with E-state index in [9.17, 15) is 13.6 Å². The molecule has 5 heteroatoms. The minimum absolute atomic E-state index is 0.192. The van der Waals surface area contributed by atoms with Crippen molar-refractivity contribution in [2.24, 2.45) is 0 Å². The third-order valence-corrected chi connectivity index (χ3v) is 5.44. The molecule has 1 fully saturated rings. The third-order valence-electron chi connectivity index (χ3n) is 5.44. The Morgan fingerprint density at radius 3 is 2.65 bits per heavy atom. The van der Waals surface area contributed by atoms with Gasteiger partial charge in [0.15, 0.2) is 0 Å². The van der Waals surface area contributed by atoms with Gasteiger partial charge in [-0.25, -0.2) is 8.78 Å². The molecule has 2 aliphatic rings. The minimum atomic E-state index is -0.846. The molecule has 0 aliphatic carbocycles. The van der Waals surface area contributed by atoms with Crippen LogP contribution in [0.15, 0.2) is 42.5 Å². The van der Waals surface area contributed by atoms with Crippen molar-refractivity contribution in [3.05, 3.63) is 65.2 Å². The first kappa shape index (κ1) is 17.2. The smallest absolute Gasteiger partial charge is 0.237 e. The van der Waals surface area contributed by atoms with E-state index in [0.29, 0.717) is 17.7 Å². The lowest BCUT2D eigenvalue weighted by Crippen LogP contribution is -2.43. The second-order valence-corrected chi connectivity index (χ2v) is 7.49. The summed E-state index contributed by atoms with van der Waals surface area (Å²) in [6.45, 7) is 4.18. The number of para-hydroxylation sites is 1. The van der Waals surface area contributed by atoms with Crippen molar-refractivity contribution < 1.29 is 18.3 Å². The fourth-order valence-electron chi connectivity index (χ4n) is 4.12. The van der Waals surface area contributed by atoms with E-state index in [2.05, 4.69) is 0 Å². The molecule has 1 amide bonds. The first-order chi connectivity index (χ1) is 12.4. The molecule has 2 heterocycles. The van der Waals surface area contributed by atoms with E-state index in [1.807, 2.05) is 0 Å². The number of halogens is 2. The molecule has 2 aliphatic heterocycles. The average molecular weight is 357 g/mol. The fraction of sp³-hybridized carbons (Fsp3) is 0.381. The maximum atomic E-state index is 14.8. The van der Waals surface area contributed by atoms with E-state index >= 15 is 0 Å². The predicted molar refractivity (Wildman–Crippen MR) is 95.0 cm³/mol. The highest BCUT2D eigenvalue weighted by molar-refractivity contribution is 6.08. The van der Waals surface area contributed by atoms with Crippen molar-refractivity contribution in [1.29, 1.82) is 0 Å². The van der Waals surface area contributed by atoms with Gasteiger partial charge in [0.1, 0.15) is 11.6 Å². The van der Waals surface area contributed by atoms with Gasteiger partial charge in [-0.05, 0) is 56.0 Å². The Morgan fingerprint density at radius 1 is 1.19 bits per heavy atom. The Bertz CT molecular complexity index is 859. The number of hydrogen-bond donors (Lipinski definition) is 0. The third kappa shape index (κ3) is 2.53. The molecule has 0 spiro atoms. The van der Waals surface area contributed by atoms with E-state index in [-0.39, 0.29) is 23.5 Å². The molecule has 2 atom stereocenters. The maximum Gasteiger partial charge on any atom is 0.237 e. The number of carbonyl (C=O) groups is 1. The van der Waals surface area contributed by atoms with Crippen molar-refractivity contribution >= 4 is 11.6 Å². The van der Waals surface area contributed by atoms with Crippen LogP contribution in [0.4, 0.5) is 14.5 Å². The lowest BCUT2D eigenvalue weighted by molar-refractivity contribution is -0.123. The van der Waals surface area contributed by atoms with E-state index in [1.54, 1.807) is 38.1 Å². The molecule has 2 aromatic rings. The summed E-state index contributed by atoms with van der Waals surface area (Å²) >= 11 is 0. The van der Waals surface area contributed by atoms with Gasteiger partial charge in [-0.1, -0.05) is 24.3 Å². The standard InChI is InChI=1S/C21H21F2NO2/c1-21(2)15-8-4-9-16(23)19(15)24(20(21)25)18(17-10-5-11-26-17)13-6-3-7-14(22)12-13/h3-4,6-9,12,17-18H,5,10-11H2,1-2H3. The van der Waals surface area contributed by atoms with E-state index in [0.717, 1.165) is 12.8 Å². The number of ether oxygens (including phenoxy) is 1. The quantitative estimate of drug-likeness (QED) is 0.809. The molecule has 0 aromatic heterocycles. The highest BCUT2D eigenvalue weighted by Crippen LogP contribution is 2.48. The summed E-state index contributed by atoms with van der Waals surface area (Å²) in [5.74, 6) is -1.02. The average Bonchev–Trinajstić information content (AvgIpc) is 3.19. The summed E-state index contributed by atoms with van der Waals surface area (Å²) in [5, 5.41) is 0. The molecule has 0 saturated carbocycles. The van der Waals surface area contributed by atoms with Crippen molar-refractivity contribution in [3.63, 3.8) is 0 Å². The van der Waals surface area contributed by atoms with Gasteiger partial charge < -0.3 is 4.74 Å². The molecule has 136 valence electrons. The van der Waals surface area contributed by atoms with Crippen LogP contribution in [0.3, 0.4) is 0 Å². The molecule has 2 aromatic carbocycles. The first-order valence-corrected chi connectivity index (χ1v) is 8.91. The van der Waals surface area contributed by atoms with Crippen LogP contribution in [-0.4, -0.2) is 18.6 Å². The number of anilines is 1. The van der Waals surface area contributed by atoms with Crippen LogP contribution in [0.5, 0.6) is 0 Å². The van der Waals surface area contributed by atoms with Crippen molar-refractivity contribution in [3.8, 4) is 0 Å². The second kappa shape index (κ2) is 6.16. The summed E-state index contributed by atoms with van der Waals surface area (Å²) in [4.78, 5) is 14.8. The normalized spacial score (nSPS) is 22.5. The zero-order valence-electron chi connectivity index (χ0n) is 14.8. The zero-order chi connectivity index (χ0) is 18.5. The van der Waals surface area contributed by atoms with Crippen LogP contribution in [-0.2, 0) is 14.9 Å². The molecule has 2 unspecified atom stereocenters. The topological polar surface area (TPSA) is 29.5 Å². The van der Waals surface area contributed by atoms with Gasteiger partial charge in [-0.2, -0.15) is 0 Å². The Balaban J connectivity index is 1.90. The maximum absolute atomic E-state index is 14.8. The first-order valence-electron chi connectivity index (χ1n) is 8.91. The van der Waals surface area contributed by atoms with Gasteiger partial charge in [0, 0.05) is 6.61 Å². The summed E-state index contributed by atoms with van der Waals surface area (Å²) in [6.07, 6.45) is 1.32. The van der Waals surface area contributed by atoms with Crippen LogP contribution >= 0.6 is 0 Å². The van der Waals surface area contributed by atoms with Gasteiger partial charge in [0.05, 0.1) is 23.2 Å². The van der Waals surface area contributed by atoms with Gasteiger partial charge in [0.2, 0.25) is 5.91 Å². The molecule has 1 saturated heterocycles. The Hall–Kier alpha value is -2.27. The zero-order valence-corrected chi connectivity index (χ0v) is 14.8. The number of carbonyl (C=O) groups excluding carboxylic acids is 1. The second-order valence-electron chi connectivity index (χ2n) is 7.49. The molecule has 4 rings (SSSR count). The summed E-state index contributed by atoms with van der Waals surface area (Å²) < 4.78 is 34.6. The lowest BCUT2D eigenvalue weighted by Gasteiger charge is -2.34. The molecule has 3 nitrogen and oxygen atoms in total. The van der Waals surface area contributed by atoms with Crippen molar-refractivity contribution in [2.75, 3.05) is 11.5 Å². The molecule has 26 heavy (non-hydrogen) atoms. The number of rotatable bonds is 3. The van der Waals surface area contributed by atoms with Crippen LogP contribution < -0.4 is 4.90 Å². The van der Waals surface area contributed by atoms with Crippen molar-refractivity contribution in [1.82, 2.24) is 0 Å². The van der Waals surface area contributed by atoms with E-state index in [4.69, 9.17) is 4.74 Å². The van der Waals surface area contributed by atoms with E-state index < -0.39 is 17.3 Å². The number of hydrogen-bond acceptors (Lipinski definition) is 2. The van der Waals surface area contributed by atoms with Gasteiger partial charge >= 0.3 is 0 Å². The fourth-order valence-corrected chi connectivity index (χ4v) is 4.12. The highest BCUT2D eigenvalue weighted by atomic mass is 19.1. The summed E-state index contributed by atoms with van der Waals surface area (Å²) in [7, 11) is 0. The molecule has 0 radical (unpaired) electrons. The Morgan fingerprint density at radius 2 is 1.96 bits per heavy atom. The van der Waals surface area contributed by atoms with Gasteiger partial charge in [-0.3, -0.25) is 9.69 Å².